The molecule has 0 spiro atoms. The average molecular weight is 250 g/mol. The van der Waals surface area contributed by atoms with Crippen LogP contribution in [0.4, 0.5) is 0 Å². The van der Waals surface area contributed by atoms with E-state index in [2.05, 4.69) is 18.2 Å². The second-order valence-electron chi connectivity index (χ2n) is 4.81. The fourth-order valence-corrected chi connectivity index (χ4v) is 3.57. The van der Waals surface area contributed by atoms with Crippen LogP contribution in [0.1, 0.15) is 29.2 Å². The van der Waals surface area contributed by atoms with E-state index in [0.29, 0.717) is 0 Å². The second kappa shape index (κ2) is 5.01. The van der Waals surface area contributed by atoms with Crippen LogP contribution in [0.2, 0.25) is 0 Å². The summed E-state index contributed by atoms with van der Waals surface area (Å²) in [7, 11) is 0. The summed E-state index contributed by atoms with van der Waals surface area (Å²) in [6, 6.07) is 6.42. The first-order valence-electron chi connectivity index (χ1n) is 6.34. The maximum atomic E-state index is 10.3. The lowest BCUT2D eigenvalue weighted by Gasteiger charge is -2.27. The molecular weight excluding hydrogens is 232 g/mol. The molecule has 2 aliphatic rings. The van der Waals surface area contributed by atoms with Gasteiger partial charge >= 0.3 is 0 Å². The van der Waals surface area contributed by atoms with E-state index < -0.39 is 6.10 Å². The van der Waals surface area contributed by atoms with Gasteiger partial charge in [-0.3, -0.25) is 0 Å². The number of hydrogen-bond donors (Lipinski definition) is 1. The van der Waals surface area contributed by atoms with Gasteiger partial charge in [-0.1, -0.05) is 18.2 Å². The minimum atomic E-state index is -0.464. The number of aliphatic hydroxyl groups excluding tert-OH is 1. The molecule has 1 aliphatic carbocycles. The number of ether oxygens (including phenoxy) is 1. The van der Waals surface area contributed by atoms with E-state index in [-0.39, 0.29) is 6.10 Å². The Hall–Kier alpha value is -0.510. The fourth-order valence-electron chi connectivity index (χ4n) is 2.68. The predicted octanol–water partition coefficient (Wildman–Crippen LogP) is 2.34. The molecule has 92 valence electrons. The summed E-state index contributed by atoms with van der Waals surface area (Å²) < 4.78 is 5.64. The number of aliphatic hydroxyl groups is 1. The highest BCUT2D eigenvalue weighted by molar-refractivity contribution is 7.99. The van der Waals surface area contributed by atoms with E-state index in [1.165, 1.54) is 24.0 Å². The molecule has 3 heteroatoms. The lowest BCUT2D eigenvalue weighted by Crippen LogP contribution is -2.29. The molecule has 1 N–H and O–H groups in total. The topological polar surface area (TPSA) is 29.5 Å². The van der Waals surface area contributed by atoms with E-state index in [1.807, 2.05) is 11.8 Å². The van der Waals surface area contributed by atoms with Crippen molar-refractivity contribution in [3.63, 3.8) is 0 Å². The van der Waals surface area contributed by atoms with Gasteiger partial charge in [0.25, 0.3) is 0 Å². The second-order valence-corrected chi connectivity index (χ2v) is 5.96. The molecule has 2 unspecified atom stereocenters. The molecule has 0 radical (unpaired) electrons. The molecular formula is C14H18O2S. The summed E-state index contributed by atoms with van der Waals surface area (Å²) in [6.07, 6.45) is 3.12. The van der Waals surface area contributed by atoms with Crippen molar-refractivity contribution in [2.75, 3.05) is 18.1 Å². The number of aryl methyl sites for hydroxylation is 2. The molecule has 0 aromatic heterocycles. The molecule has 1 aromatic carbocycles. The van der Waals surface area contributed by atoms with E-state index >= 15 is 0 Å². The quantitative estimate of drug-likeness (QED) is 0.873. The lowest BCUT2D eigenvalue weighted by atomic mass is 10.00. The standard InChI is InChI=1S/C14H18O2S/c15-14(13-9-17-7-6-16-13)12-5-4-10-2-1-3-11(10)8-12/h4-5,8,13-15H,1-3,6-7,9H2. The first-order chi connectivity index (χ1) is 8.34. The summed E-state index contributed by atoms with van der Waals surface area (Å²) in [5.41, 5.74) is 3.91. The summed E-state index contributed by atoms with van der Waals surface area (Å²) in [4.78, 5) is 0. The molecule has 0 bridgehead atoms. The molecule has 1 aromatic rings. The van der Waals surface area contributed by atoms with Crippen LogP contribution in [0.25, 0.3) is 0 Å². The number of rotatable bonds is 2. The first-order valence-corrected chi connectivity index (χ1v) is 7.49. The van der Waals surface area contributed by atoms with Gasteiger partial charge in [0, 0.05) is 11.5 Å². The molecule has 3 rings (SSSR count). The van der Waals surface area contributed by atoms with E-state index in [0.717, 1.165) is 30.1 Å². The van der Waals surface area contributed by atoms with Crippen molar-refractivity contribution < 1.29 is 9.84 Å². The maximum absolute atomic E-state index is 10.3. The van der Waals surface area contributed by atoms with E-state index in [9.17, 15) is 5.11 Å². The van der Waals surface area contributed by atoms with Gasteiger partial charge in [0.05, 0.1) is 12.7 Å². The molecule has 1 aliphatic heterocycles. The van der Waals surface area contributed by atoms with Crippen molar-refractivity contribution >= 4 is 11.8 Å². The Morgan fingerprint density at radius 3 is 3.00 bits per heavy atom. The third-order valence-corrected chi connectivity index (χ3v) is 4.68. The zero-order valence-corrected chi connectivity index (χ0v) is 10.7. The zero-order chi connectivity index (χ0) is 11.7. The Morgan fingerprint density at radius 2 is 2.18 bits per heavy atom. The lowest BCUT2D eigenvalue weighted by molar-refractivity contribution is -0.0227. The molecule has 1 saturated heterocycles. The van der Waals surface area contributed by atoms with Gasteiger partial charge in [0.1, 0.15) is 6.10 Å². The van der Waals surface area contributed by atoms with Gasteiger partial charge in [-0.15, -0.1) is 0 Å². The van der Waals surface area contributed by atoms with Crippen molar-refractivity contribution in [1.29, 1.82) is 0 Å². The van der Waals surface area contributed by atoms with Crippen LogP contribution in [0.3, 0.4) is 0 Å². The molecule has 17 heavy (non-hydrogen) atoms. The van der Waals surface area contributed by atoms with Crippen molar-refractivity contribution in [1.82, 2.24) is 0 Å². The van der Waals surface area contributed by atoms with Gasteiger partial charge in [-0.25, -0.2) is 0 Å². The van der Waals surface area contributed by atoms with Crippen LogP contribution >= 0.6 is 11.8 Å². The largest absolute Gasteiger partial charge is 0.386 e. The Labute approximate surface area is 106 Å². The molecule has 0 saturated carbocycles. The van der Waals surface area contributed by atoms with Crippen LogP contribution in [-0.2, 0) is 17.6 Å². The first kappa shape index (κ1) is 11.6. The monoisotopic (exact) mass is 250 g/mol. The van der Waals surface area contributed by atoms with Crippen LogP contribution in [0, 0.1) is 0 Å². The fraction of sp³-hybridized carbons (Fsp3) is 0.571. The highest BCUT2D eigenvalue weighted by Crippen LogP contribution is 2.29. The molecule has 0 amide bonds. The highest BCUT2D eigenvalue weighted by atomic mass is 32.2. The van der Waals surface area contributed by atoms with Gasteiger partial charge in [0.15, 0.2) is 0 Å². The van der Waals surface area contributed by atoms with Crippen LogP contribution in [0.5, 0.6) is 0 Å². The Morgan fingerprint density at radius 1 is 1.29 bits per heavy atom. The average Bonchev–Trinajstić information content (AvgIpc) is 2.86. The van der Waals surface area contributed by atoms with Crippen LogP contribution in [-0.4, -0.2) is 29.3 Å². The Kier molecular flexibility index (Phi) is 3.41. The van der Waals surface area contributed by atoms with Crippen molar-refractivity contribution in [3.8, 4) is 0 Å². The maximum Gasteiger partial charge on any atom is 0.106 e. The summed E-state index contributed by atoms with van der Waals surface area (Å²) in [5, 5.41) is 10.3. The SMILES string of the molecule is OC(c1ccc2c(c1)CCC2)C1CSCCO1. The normalized spacial score (nSPS) is 25.6. The number of benzene rings is 1. The summed E-state index contributed by atoms with van der Waals surface area (Å²) in [5.74, 6) is 1.95. The predicted molar refractivity (Wildman–Crippen MR) is 70.5 cm³/mol. The number of fused-ring (bicyclic) bond motifs is 1. The third kappa shape index (κ3) is 2.37. The molecule has 2 atom stereocenters. The number of hydrogen-bond acceptors (Lipinski definition) is 3. The summed E-state index contributed by atoms with van der Waals surface area (Å²) in [6.45, 7) is 0.761. The van der Waals surface area contributed by atoms with Crippen molar-refractivity contribution in [2.24, 2.45) is 0 Å². The molecule has 1 heterocycles. The smallest absolute Gasteiger partial charge is 0.106 e. The van der Waals surface area contributed by atoms with Crippen LogP contribution < -0.4 is 0 Å². The Balaban J connectivity index is 1.78. The van der Waals surface area contributed by atoms with Crippen molar-refractivity contribution in [3.05, 3.63) is 34.9 Å². The van der Waals surface area contributed by atoms with E-state index in [4.69, 9.17) is 4.74 Å². The van der Waals surface area contributed by atoms with E-state index in [1.54, 1.807) is 0 Å². The Bertz CT molecular complexity index is 399. The van der Waals surface area contributed by atoms with Crippen LogP contribution in [0.15, 0.2) is 18.2 Å². The van der Waals surface area contributed by atoms with Gasteiger partial charge in [0.2, 0.25) is 0 Å². The minimum absolute atomic E-state index is 0.0341. The molecule has 1 fully saturated rings. The van der Waals surface area contributed by atoms with Gasteiger partial charge in [-0.2, -0.15) is 11.8 Å². The minimum Gasteiger partial charge on any atom is -0.386 e. The molecule has 2 nitrogen and oxygen atoms in total. The third-order valence-electron chi connectivity index (χ3n) is 3.66. The van der Waals surface area contributed by atoms with Gasteiger partial charge in [-0.05, 0) is 36.0 Å². The summed E-state index contributed by atoms with van der Waals surface area (Å²) >= 11 is 1.87. The number of thioether (sulfide) groups is 1. The van der Waals surface area contributed by atoms with Crippen molar-refractivity contribution in [2.45, 2.75) is 31.5 Å². The van der Waals surface area contributed by atoms with Gasteiger partial charge < -0.3 is 9.84 Å². The highest BCUT2D eigenvalue weighted by Gasteiger charge is 2.25. The zero-order valence-electron chi connectivity index (χ0n) is 9.89.